The molecule has 1 aliphatic carbocycles. The Morgan fingerprint density at radius 2 is 1.74 bits per heavy atom. The maximum atomic E-state index is 13.7. The van der Waals surface area contributed by atoms with Crippen LogP contribution in [-0.4, -0.2) is 30.6 Å². The molecule has 0 aliphatic heterocycles. The van der Waals surface area contributed by atoms with Gasteiger partial charge in [-0.1, -0.05) is 45.0 Å². The number of halogens is 3. The molecule has 0 saturated heterocycles. The SMILES string of the molecule is CCc1cc2c(cc1OS(=O)(=O)C(F)(F)F)C(C)(C)c1[nH]c3cc(NC(=O)c4ccccc4)ccc3c1C2=O. The van der Waals surface area contributed by atoms with Crippen molar-refractivity contribution in [1.82, 2.24) is 4.98 Å². The lowest BCUT2D eigenvalue weighted by atomic mass is 9.70. The Morgan fingerprint density at radius 3 is 2.38 bits per heavy atom. The van der Waals surface area contributed by atoms with E-state index in [0.29, 0.717) is 39.0 Å². The van der Waals surface area contributed by atoms with Crippen molar-refractivity contribution < 1.29 is 35.4 Å². The van der Waals surface area contributed by atoms with Gasteiger partial charge in [-0.05, 0) is 53.9 Å². The third-order valence-electron chi connectivity index (χ3n) is 6.93. The van der Waals surface area contributed by atoms with Crippen molar-refractivity contribution in [3.63, 3.8) is 0 Å². The standard InChI is InChI=1S/C28H23F3N2O5S/c1-4-15-12-19-20(14-22(15)38-39(36,37)28(29,30)31)27(2,3)25-23(24(19)34)18-11-10-17(13-21(18)33-25)32-26(35)16-8-6-5-7-9-16/h5-14,33H,4H2,1-3H3,(H,32,35). The topological polar surface area (TPSA) is 105 Å². The van der Waals surface area contributed by atoms with Crippen molar-refractivity contribution in [2.45, 2.75) is 38.1 Å². The van der Waals surface area contributed by atoms with Crippen molar-refractivity contribution in [2.75, 3.05) is 5.32 Å². The number of benzene rings is 3. The third kappa shape index (κ3) is 4.36. The highest BCUT2D eigenvalue weighted by molar-refractivity contribution is 7.88. The van der Waals surface area contributed by atoms with Gasteiger partial charge < -0.3 is 14.5 Å². The first-order valence-electron chi connectivity index (χ1n) is 12.0. The van der Waals surface area contributed by atoms with Crippen LogP contribution in [0.3, 0.4) is 0 Å². The van der Waals surface area contributed by atoms with E-state index in [2.05, 4.69) is 14.5 Å². The molecule has 1 heterocycles. The first-order chi connectivity index (χ1) is 18.2. The summed E-state index contributed by atoms with van der Waals surface area (Å²) in [6.07, 6.45) is 0.134. The molecule has 3 aromatic carbocycles. The lowest BCUT2D eigenvalue weighted by molar-refractivity contribution is -0.0500. The van der Waals surface area contributed by atoms with Crippen LogP contribution in [0.4, 0.5) is 18.9 Å². The van der Waals surface area contributed by atoms with E-state index in [0.717, 1.165) is 0 Å². The maximum Gasteiger partial charge on any atom is 0.534 e. The van der Waals surface area contributed by atoms with Crippen LogP contribution in [0.2, 0.25) is 0 Å². The summed E-state index contributed by atoms with van der Waals surface area (Å²) in [4.78, 5) is 29.6. The molecule has 0 unspecified atom stereocenters. The number of ketones is 1. The molecule has 0 bridgehead atoms. The molecule has 1 amide bonds. The fourth-order valence-corrected chi connectivity index (χ4v) is 5.38. The number of aryl methyl sites for hydroxylation is 1. The fraction of sp³-hybridized carbons (Fsp3) is 0.214. The summed E-state index contributed by atoms with van der Waals surface area (Å²) in [5.74, 6) is -1.13. The number of hydrogen-bond donors (Lipinski definition) is 2. The van der Waals surface area contributed by atoms with E-state index in [9.17, 15) is 31.2 Å². The zero-order chi connectivity index (χ0) is 28.3. The van der Waals surface area contributed by atoms with Gasteiger partial charge in [-0.25, -0.2) is 0 Å². The summed E-state index contributed by atoms with van der Waals surface area (Å²) in [7, 11) is -5.90. The second-order valence-corrected chi connectivity index (χ2v) is 11.3. The van der Waals surface area contributed by atoms with Crippen LogP contribution in [0.1, 0.15) is 63.9 Å². The number of aromatic amines is 1. The van der Waals surface area contributed by atoms with Crippen LogP contribution < -0.4 is 9.50 Å². The van der Waals surface area contributed by atoms with Gasteiger partial charge in [-0.3, -0.25) is 9.59 Å². The number of amides is 1. The molecule has 1 aliphatic rings. The Morgan fingerprint density at radius 1 is 1.05 bits per heavy atom. The zero-order valence-electron chi connectivity index (χ0n) is 21.1. The van der Waals surface area contributed by atoms with E-state index in [1.54, 1.807) is 69.3 Å². The zero-order valence-corrected chi connectivity index (χ0v) is 21.9. The highest BCUT2D eigenvalue weighted by Crippen LogP contribution is 2.46. The van der Waals surface area contributed by atoms with Gasteiger partial charge in [-0.15, -0.1) is 0 Å². The first-order valence-corrected chi connectivity index (χ1v) is 13.4. The number of carbonyl (C=O) groups excluding carboxylic acids is 2. The van der Waals surface area contributed by atoms with E-state index in [1.165, 1.54) is 12.1 Å². The van der Waals surface area contributed by atoms with Crippen molar-refractivity contribution in [3.05, 3.63) is 94.2 Å². The normalized spacial score (nSPS) is 14.6. The number of H-pyrrole nitrogens is 1. The summed E-state index contributed by atoms with van der Waals surface area (Å²) < 4.78 is 67.1. The Bertz CT molecular complexity index is 1760. The molecule has 202 valence electrons. The summed E-state index contributed by atoms with van der Waals surface area (Å²) in [5.41, 5.74) is -3.33. The van der Waals surface area contributed by atoms with Crippen molar-refractivity contribution in [2.24, 2.45) is 0 Å². The highest BCUT2D eigenvalue weighted by atomic mass is 32.2. The van der Waals surface area contributed by atoms with Gasteiger partial charge in [0.25, 0.3) is 5.91 Å². The first kappa shape index (κ1) is 26.5. The molecule has 11 heteroatoms. The Kier molecular flexibility index (Phi) is 6.10. The lowest BCUT2D eigenvalue weighted by Gasteiger charge is -2.33. The van der Waals surface area contributed by atoms with Gasteiger partial charge in [0, 0.05) is 38.8 Å². The van der Waals surface area contributed by atoms with Crippen molar-refractivity contribution in [3.8, 4) is 5.75 Å². The molecule has 7 nitrogen and oxygen atoms in total. The minimum Gasteiger partial charge on any atom is -0.376 e. The highest BCUT2D eigenvalue weighted by Gasteiger charge is 2.49. The van der Waals surface area contributed by atoms with E-state index in [-0.39, 0.29) is 29.2 Å². The van der Waals surface area contributed by atoms with Crippen LogP contribution in [0.25, 0.3) is 10.9 Å². The number of fused-ring (bicyclic) bond motifs is 4. The second-order valence-electron chi connectivity index (χ2n) is 9.75. The summed E-state index contributed by atoms with van der Waals surface area (Å²) in [6.45, 7) is 5.17. The van der Waals surface area contributed by atoms with Gasteiger partial charge in [0.1, 0.15) is 5.75 Å². The van der Waals surface area contributed by atoms with Crippen LogP contribution in [0, 0.1) is 0 Å². The smallest absolute Gasteiger partial charge is 0.376 e. The van der Waals surface area contributed by atoms with E-state index in [1.807, 2.05) is 0 Å². The second kappa shape index (κ2) is 8.98. The molecule has 0 saturated carbocycles. The molecule has 4 aromatic rings. The van der Waals surface area contributed by atoms with Crippen LogP contribution in [-0.2, 0) is 22.0 Å². The number of alkyl halides is 3. The molecular weight excluding hydrogens is 533 g/mol. The average molecular weight is 557 g/mol. The van der Waals surface area contributed by atoms with E-state index < -0.39 is 26.8 Å². The maximum absolute atomic E-state index is 13.7. The van der Waals surface area contributed by atoms with Crippen LogP contribution in [0.15, 0.2) is 60.7 Å². The number of hydrogen-bond acceptors (Lipinski definition) is 5. The molecule has 0 spiro atoms. The van der Waals surface area contributed by atoms with Crippen molar-refractivity contribution in [1.29, 1.82) is 0 Å². The monoisotopic (exact) mass is 556 g/mol. The van der Waals surface area contributed by atoms with Gasteiger partial charge in [0.05, 0.1) is 5.56 Å². The van der Waals surface area contributed by atoms with E-state index in [4.69, 9.17) is 0 Å². The Hall–Kier alpha value is -4.12. The number of nitrogens with one attached hydrogen (secondary N) is 2. The van der Waals surface area contributed by atoms with Gasteiger partial charge in [-0.2, -0.15) is 21.6 Å². The van der Waals surface area contributed by atoms with E-state index >= 15 is 0 Å². The van der Waals surface area contributed by atoms with Gasteiger partial charge in [0.15, 0.2) is 5.78 Å². The lowest BCUT2D eigenvalue weighted by Crippen LogP contribution is -2.32. The third-order valence-corrected chi connectivity index (χ3v) is 7.89. The summed E-state index contributed by atoms with van der Waals surface area (Å²) in [6, 6.07) is 16.4. The molecular formula is C28H23F3N2O5S. The Balaban J connectivity index is 1.59. The molecule has 0 radical (unpaired) electrons. The van der Waals surface area contributed by atoms with Crippen molar-refractivity contribution >= 4 is 38.4 Å². The minimum atomic E-state index is -5.90. The van der Waals surface area contributed by atoms with Gasteiger partial charge in [0.2, 0.25) is 0 Å². The average Bonchev–Trinajstić information content (AvgIpc) is 3.27. The molecule has 1 aromatic heterocycles. The Labute approximate surface area is 222 Å². The minimum absolute atomic E-state index is 0.134. The van der Waals surface area contributed by atoms with Gasteiger partial charge >= 0.3 is 15.6 Å². The predicted octanol–water partition coefficient (Wildman–Crippen LogP) is 6.08. The number of carbonyl (C=O) groups is 2. The number of aromatic nitrogens is 1. The predicted molar refractivity (Wildman–Crippen MR) is 140 cm³/mol. The fourth-order valence-electron chi connectivity index (χ4n) is 4.89. The molecule has 0 atom stereocenters. The number of anilines is 1. The molecule has 2 N–H and O–H groups in total. The molecule has 5 rings (SSSR count). The summed E-state index contributed by atoms with van der Waals surface area (Å²) >= 11 is 0. The largest absolute Gasteiger partial charge is 0.534 e. The number of rotatable bonds is 5. The summed E-state index contributed by atoms with van der Waals surface area (Å²) in [5, 5.41) is 3.44. The van der Waals surface area contributed by atoms with Crippen LogP contribution >= 0.6 is 0 Å². The molecule has 0 fully saturated rings. The quantitative estimate of drug-likeness (QED) is 0.229. The molecule has 39 heavy (non-hydrogen) atoms. The van der Waals surface area contributed by atoms with Crippen LogP contribution in [0.5, 0.6) is 5.75 Å².